The van der Waals surface area contributed by atoms with Gasteiger partial charge in [-0.15, -0.1) is 21.6 Å². The molecule has 2 heterocycles. The lowest BCUT2D eigenvalue weighted by atomic mass is 10.4. The van der Waals surface area contributed by atoms with E-state index >= 15 is 0 Å². The molecule has 0 spiro atoms. The van der Waals surface area contributed by atoms with Crippen molar-refractivity contribution in [2.45, 2.75) is 0 Å². The number of aromatic amines is 1. The van der Waals surface area contributed by atoms with Gasteiger partial charge in [0.25, 0.3) is 5.56 Å². The molecule has 0 saturated carbocycles. The molecule has 0 atom stereocenters. The van der Waals surface area contributed by atoms with Gasteiger partial charge in [0.15, 0.2) is 0 Å². The van der Waals surface area contributed by atoms with E-state index in [2.05, 4.69) is 20.2 Å². The summed E-state index contributed by atoms with van der Waals surface area (Å²) in [5.74, 6) is -0.303. The van der Waals surface area contributed by atoms with Gasteiger partial charge >= 0.3 is 0 Å². The van der Waals surface area contributed by atoms with Crippen LogP contribution in [0.5, 0.6) is 5.88 Å². The molecule has 0 fully saturated rings. The fourth-order valence-electron chi connectivity index (χ4n) is 0.899. The van der Waals surface area contributed by atoms with Gasteiger partial charge in [0, 0.05) is 17.6 Å². The minimum Gasteiger partial charge on any atom is -0.493 e. The number of thiazole rings is 1. The van der Waals surface area contributed by atoms with E-state index in [1.807, 2.05) is 0 Å². The van der Waals surface area contributed by atoms with Crippen molar-refractivity contribution < 1.29 is 5.11 Å². The Morgan fingerprint density at radius 2 is 2.27 bits per heavy atom. The first kappa shape index (κ1) is 9.53. The molecule has 0 aliphatic carbocycles. The molecule has 0 aliphatic rings. The summed E-state index contributed by atoms with van der Waals surface area (Å²) in [6, 6.07) is 2.64. The molecular formula is C8H6N4O2S. The highest BCUT2D eigenvalue weighted by atomic mass is 32.1. The fourth-order valence-corrected chi connectivity index (χ4v) is 1.35. The van der Waals surface area contributed by atoms with E-state index in [-0.39, 0.29) is 17.1 Å². The third-order valence-electron chi connectivity index (χ3n) is 1.54. The van der Waals surface area contributed by atoms with Crippen molar-refractivity contribution in [3.63, 3.8) is 0 Å². The monoisotopic (exact) mass is 222 g/mol. The van der Waals surface area contributed by atoms with Crippen molar-refractivity contribution in [3.05, 3.63) is 34.1 Å². The molecule has 2 aromatic rings. The number of hydrogen-bond acceptors (Lipinski definition) is 6. The van der Waals surface area contributed by atoms with Gasteiger partial charge in [-0.2, -0.15) is 0 Å². The summed E-state index contributed by atoms with van der Waals surface area (Å²) < 4.78 is 0. The van der Waals surface area contributed by atoms with E-state index in [9.17, 15) is 9.90 Å². The Bertz CT molecular complexity index is 532. The lowest BCUT2D eigenvalue weighted by molar-refractivity contribution is 0.453. The molecule has 0 saturated heterocycles. The second-order valence-corrected chi connectivity index (χ2v) is 3.44. The number of aromatic hydroxyl groups is 1. The first-order valence-electron chi connectivity index (χ1n) is 3.99. The maximum atomic E-state index is 10.8. The van der Waals surface area contributed by atoms with Gasteiger partial charge in [-0.1, -0.05) is 0 Å². The maximum absolute atomic E-state index is 10.8. The van der Waals surface area contributed by atoms with Crippen LogP contribution in [-0.4, -0.2) is 15.1 Å². The van der Waals surface area contributed by atoms with E-state index in [1.54, 1.807) is 11.6 Å². The number of hydrogen-bond donors (Lipinski definition) is 2. The zero-order valence-corrected chi connectivity index (χ0v) is 8.23. The lowest BCUT2D eigenvalue weighted by Crippen LogP contribution is -2.00. The number of rotatable bonds is 2. The minimum absolute atomic E-state index is 0.199. The van der Waals surface area contributed by atoms with Crippen LogP contribution in [0.25, 0.3) is 0 Å². The van der Waals surface area contributed by atoms with Crippen LogP contribution in [0.15, 0.2) is 38.7 Å². The van der Waals surface area contributed by atoms with Gasteiger partial charge < -0.3 is 5.11 Å². The molecule has 0 unspecified atom stereocenters. The van der Waals surface area contributed by atoms with E-state index in [0.29, 0.717) is 5.13 Å². The summed E-state index contributed by atoms with van der Waals surface area (Å²) in [4.78, 5) is 16.9. The van der Waals surface area contributed by atoms with Crippen LogP contribution in [0, 0.1) is 0 Å². The van der Waals surface area contributed by atoms with Crippen LogP contribution in [0.2, 0.25) is 0 Å². The van der Waals surface area contributed by atoms with Crippen molar-refractivity contribution in [1.82, 2.24) is 9.97 Å². The fraction of sp³-hybridized carbons (Fsp3) is 0. The molecule has 2 rings (SSSR count). The SMILES string of the molecule is O=c1ccc(N=Nc2nccs2)c(O)[nH]1. The molecule has 0 bridgehead atoms. The third kappa shape index (κ3) is 2.26. The Balaban J connectivity index is 2.28. The molecule has 0 radical (unpaired) electrons. The van der Waals surface area contributed by atoms with Crippen LogP contribution >= 0.6 is 11.3 Å². The first-order valence-corrected chi connectivity index (χ1v) is 4.87. The summed E-state index contributed by atoms with van der Waals surface area (Å²) in [5, 5.41) is 19.1. The Morgan fingerprint density at radius 3 is 2.93 bits per heavy atom. The molecule has 7 heteroatoms. The second kappa shape index (κ2) is 4.01. The number of aromatic nitrogens is 2. The van der Waals surface area contributed by atoms with E-state index in [0.717, 1.165) is 0 Å². The van der Waals surface area contributed by atoms with Crippen LogP contribution in [-0.2, 0) is 0 Å². The molecule has 2 aromatic heterocycles. The molecule has 0 aromatic carbocycles. The molecular weight excluding hydrogens is 216 g/mol. The molecule has 0 aliphatic heterocycles. The predicted octanol–water partition coefficient (Wildman–Crippen LogP) is 1.95. The number of nitrogens with zero attached hydrogens (tertiary/aromatic N) is 3. The van der Waals surface area contributed by atoms with Gasteiger partial charge in [-0.25, -0.2) is 4.98 Å². The summed E-state index contributed by atoms with van der Waals surface area (Å²) >= 11 is 1.33. The maximum Gasteiger partial charge on any atom is 0.250 e. The Morgan fingerprint density at radius 1 is 1.40 bits per heavy atom. The average Bonchev–Trinajstić information content (AvgIpc) is 2.69. The van der Waals surface area contributed by atoms with Gasteiger partial charge in [-0.3, -0.25) is 9.78 Å². The molecule has 76 valence electrons. The zero-order chi connectivity index (χ0) is 10.7. The standard InChI is InChI=1S/C8H6N4O2S/c13-6-2-1-5(7(14)10-6)11-12-8-9-3-4-15-8/h1-4H,(H2,10,13,14). The van der Waals surface area contributed by atoms with Gasteiger partial charge in [-0.05, 0) is 6.07 Å². The van der Waals surface area contributed by atoms with Crippen LogP contribution in [0.3, 0.4) is 0 Å². The van der Waals surface area contributed by atoms with Crippen molar-refractivity contribution in [2.75, 3.05) is 0 Å². The quantitative estimate of drug-likeness (QED) is 0.761. The van der Waals surface area contributed by atoms with Crippen molar-refractivity contribution in [3.8, 4) is 5.88 Å². The Kier molecular flexibility index (Phi) is 2.55. The van der Waals surface area contributed by atoms with Crippen molar-refractivity contribution >= 4 is 22.2 Å². The van der Waals surface area contributed by atoms with Crippen molar-refractivity contribution in [2.24, 2.45) is 10.2 Å². The Labute approximate surface area is 88.0 Å². The minimum atomic E-state index is -0.388. The number of H-pyrrole nitrogens is 1. The first-order chi connectivity index (χ1) is 7.25. The van der Waals surface area contributed by atoms with Crippen molar-refractivity contribution in [1.29, 1.82) is 0 Å². The zero-order valence-electron chi connectivity index (χ0n) is 7.41. The van der Waals surface area contributed by atoms with Gasteiger partial charge in [0.05, 0.1) is 0 Å². The molecule has 0 amide bonds. The van der Waals surface area contributed by atoms with Crippen LogP contribution in [0.4, 0.5) is 10.8 Å². The predicted molar refractivity (Wildman–Crippen MR) is 55.0 cm³/mol. The largest absolute Gasteiger partial charge is 0.493 e. The molecule has 2 N–H and O–H groups in total. The van der Waals surface area contributed by atoms with E-state index in [4.69, 9.17) is 0 Å². The summed E-state index contributed by atoms with van der Waals surface area (Å²) in [7, 11) is 0. The lowest BCUT2D eigenvalue weighted by Gasteiger charge is -1.93. The highest BCUT2D eigenvalue weighted by molar-refractivity contribution is 7.13. The van der Waals surface area contributed by atoms with Gasteiger partial charge in [0.2, 0.25) is 11.0 Å². The number of azo groups is 1. The van der Waals surface area contributed by atoms with Crippen LogP contribution in [0.1, 0.15) is 0 Å². The van der Waals surface area contributed by atoms with Gasteiger partial charge in [0.1, 0.15) is 5.69 Å². The summed E-state index contributed by atoms with van der Waals surface area (Å²) in [5.41, 5.74) is -0.189. The number of nitrogens with one attached hydrogen (secondary N) is 1. The average molecular weight is 222 g/mol. The number of pyridine rings is 1. The third-order valence-corrected chi connectivity index (χ3v) is 2.20. The Hall–Kier alpha value is -2.02. The highest BCUT2D eigenvalue weighted by Gasteiger charge is 1.99. The molecule has 15 heavy (non-hydrogen) atoms. The normalized spacial score (nSPS) is 10.9. The smallest absolute Gasteiger partial charge is 0.250 e. The second-order valence-electron chi connectivity index (χ2n) is 2.57. The topological polar surface area (TPSA) is 90.7 Å². The summed E-state index contributed by atoms with van der Waals surface area (Å²) in [6.45, 7) is 0. The van der Waals surface area contributed by atoms with E-state index < -0.39 is 0 Å². The van der Waals surface area contributed by atoms with E-state index in [1.165, 1.54) is 23.5 Å². The molecule has 6 nitrogen and oxygen atoms in total. The van der Waals surface area contributed by atoms with Crippen LogP contribution < -0.4 is 5.56 Å². The highest BCUT2D eigenvalue weighted by Crippen LogP contribution is 2.24. The summed E-state index contributed by atoms with van der Waals surface area (Å²) in [6.07, 6.45) is 1.60.